The van der Waals surface area contributed by atoms with Crippen molar-refractivity contribution >= 4 is 27.6 Å². The summed E-state index contributed by atoms with van der Waals surface area (Å²) in [5.74, 6) is -0.563. The molecule has 0 spiro atoms. The summed E-state index contributed by atoms with van der Waals surface area (Å²) in [7, 11) is 1.25. The van der Waals surface area contributed by atoms with Gasteiger partial charge in [-0.05, 0) is 41.9 Å². The maximum Gasteiger partial charge on any atom is 0.337 e. The van der Waals surface area contributed by atoms with Crippen molar-refractivity contribution < 1.29 is 14.5 Å². The van der Waals surface area contributed by atoms with E-state index >= 15 is 0 Å². The minimum atomic E-state index is -0.563. The molecule has 0 aliphatic heterocycles. The third kappa shape index (κ3) is 2.66. The first kappa shape index (κ1) is 15.2. The largest absolute Gasteiger partial charge is 0.465 e. The molecule has 0 radical (unpaired) electrons. The van der Waals surface area contributed by atoms with E-state index < -0.39 is 10.9 Å². The highest BCUT2D eigenvalue weighted by Gasteiger charge is 2.22. The summed E-state index contributed by atoms with van der Waals surface area (Å²) >= 11 is 3.38. The number of aromatic nitrogens is 2. The first-order chi connectivity index (χ1) is 9.86. The number of nitro benzene ring substituents is 1. The Kier molecular flexibility index (Phi) is 4.08. The minimum Gasteiger partial charge on any atom is -0.465 e. The van der Waals surface area contributed by atoms with E-state index in [1.54, 1.807) is 13.8 Å². The highest BCUT2D eigenvalue weighted by molar-refractivity contribution is 9.10. The number of aryl methyl sites for hydroxylation is 1. The number of nitrogens with zero attached hydrogens (tertiary/aromatic N) is 3. The number of ether oxygens (including phenoxy) is 1. The van der Waals surface area contributed by atoms with Crippen LogP contribution in [0.1, 0.15) is 21.7 Å². The van der Waals surface area contributed by atoms with E-state index in [0.717, 1.165) is 4.47 Å². The predicted octanol–water partition coefficient (Wildman–Crippen LogP) is 2.95. The highest BCUT2D eigenvalue weighted by Crippen LogP contribution is 2.29. The summed E-state index contributed by atoms with van der Waals surface area (Å²) in [5, 5.41) is 15.4. The van der Waals surface area contributed by atoms with Crippen LogP contribution in [-0.4, -0.2) is 27.8 Å². The standard InChI is InChI=1S/C13H12BrN3O4/c1-7-12(14)8(2)16(15-7)11-6-9(13(18)21-3)4-5-10(11)17(19)20/h4-6H,1-3H3. The fourth-order valence-corrected chi connectivity index (χ4v) is 2.20. The first-order valence-electron chi connectivity index (χ1n) is 5.95. The van der Waals surface area contributed by atoms with E-state index in [1.165, 1.54) is 30.0 Å². The molecule has 2 rings (SSSR count). The number of carbonyl (C=O) groups excluding carboxylic acids is 1. The Hall–Kier alpha value is -2.22. The Labute approximate surface area is 128 Å². The quantitative estimate of drug-likeness (QED) is 0.480. The lowest BCUT2D eigenvalue weighted by Crippen LogP contribution is -2.07. The lowest BCUT2D eigenvalue weighted by molar-refractivity contribution is -0.384. The zero-order chi connectivity index (χ0) is 15.7. The Morgan fingerprint density at radius 1 is 1.43 bits per heavy atom. The maximum atomic E-state index is 11.6. The molecule has 7 nitrogen and oxygen atoms in total. The third-order valence-corrected chi connectivity index (χ3v) is 4.17. The molecule has 0 saturated carbocycles. The van der Waals surface area contributed by atoms with Crippen molar-refractivity contribution in [1.82, 2.24) is 9.78 Å². The fourth-order valence-electron chi connectivity index (χ4n) is 1.95. The van der Waals surface area contributed by atoms with Crippen molar-refractivity contribution in [3.63, 3.8) is 0 Å². The van der Waals surface area contributed by atoms with Crippen LogP contribution >= 0.6 is 15.9 Å². The van der Waals surface area contributed by atoms with Crippen molar-refractivity contribution in [3.05, 3.63) is 49.7 Å². The molecule has 0 aliphatic carbocycles. The van der Waals surface area contributed by atoms with Crippen LogP contribution in [0.25, 0.3) is 5.69 Å². The minimum absolute atomic E-state index is 0.138. The zero-order valence-corrected chi connectivity index (χ0v) is 13.2. The maximum absolute atomic E-state index is 11.6. The number of carbonyl (C=O) groups is 1. The van der Waals surface area contributed by atoms with Crippen molar-refractivity contribution in [2.45, 2.75) is 13.8 Å². The second-order valence-corrected chi connectivity index (χ2v) is 5.14. The van der Waals surface area contributed by atoms with Gasteiger partial charge in [-0.3, -0.25) is 10.1 Å². The molecule has 8 heteroatoms. The average Bonchev–Trinajstić information content (AvgIpc) is 2.73. The average molecular weight is 354 g/mol. The molecule has 0 amide bonds. The molecular formula is C13H12BrN3O4. The summed E-state index contributed by atoms with van der Waals surface area (Å²) in [6.07, 6.45) is 0. The van der Waals surface area contributed by atoms with Crippen molar-refractivity contribution in [2.24, 2.45) is 0 Å². The molecule has 0 saturated heterocycles. The summed E-state index contributed by atoms with van der Waals surface area (Å²) < 4.78 is 6.84. The van der Waals surface area contributed by atoms with Gasteiger partial charge in [-0.1, -0.05) is 0 Å². The number of halogens is 1. The van der Waals surface area contributed by atoms with Gasteiger partial charge in [0.25, 0.3) is 5.69 Å². The van der Waals surface area contributed by atoms with Gasteiger partial charge in [-0.25, -0.2) is 9.48 Å². The van der Waals surface area contributed by atoms with Gasteiger partial charge < -0.3 is 4.74 Å². The van der Waals surface area contributed by atoms with Gasteiger partial charge in [0.05, 0.1) is 33.5 Å². The number of esters is 1. The van der Waals surface area contributed by atoms with Gasteiger partial charge in [-0.2, -0.15) is 5.10 Å². The first-order valence-corrected chi connectivity index (χ1v) is 6.75. The number of benzene rings is 1. The number of rotatable bonds is 3. The van der Waals surface area contributed by atoms with Crippen molar-refractivity contribution in [2.75, 3.05) is 7.11 Å². The molecule has 21 heavy (non-hydrogen) atoms. The Morgan fingerprint density at radius 3 is 2.57 bits per heavy atom. The van der Waals surface area contributed by atoms with Gasteiger partial charge in [-0.15, -0.1) is 0 Å². The van der Waals surface area contributed by atoms with E-state index in [4.69, 9.17) is 0 Å². The number of hydrogen-bond acceptors (Lipinski definition) is 5. The van der Waals surface area contributed by atoms with Gasteiger partial charge in [0.15, 0.2) is 0 Å². The second-order valence-electron chi connectivity index (χ2n) is 4.35. The van der Waals surface area contributed by atoms with Crippen LogP contribution in [0, 0.1) is 24.0 Å². The van der Waals surface area contributed by atoms with Crippen molar-refractivity contribution in [1.29, 1.82) is 0 Å². The van der Waals surface area contributed by atoms with Crippen LogP contribution in [0.3, 0.4) is 0 Å². The molecule has 0 fully saturated rings. The smallest absolute Gasteiger partial charge is 0.337 e. The molecule has 110 valence electrons. The van der Waals surface area contributed by atoms with Crippen LogP contribution in [0.4, 0.5) is 5.69 Å². The zero-order valence-electron chi connectivity index (χ0n) is 11.6. The molecular weight excluding hydrogens is 342 g/mol. The SMILES string of the molecule is COC(=O)c1ccc([N+](=O)[O-])c(-n2nc(C)c(Br)c2C)c1. The van der Waals surface area contributed by atoms with E-state index in [1.807, 2.05) is 0 Å². The summed E-state index contributed by atoms with van der Waals surface area (Å²) in [4.78, 5) is 22.3. The molecule has 0 N–H and O–H groups in total. The van der Waals surface area contributed by atoms with Gasteiger partial charge in [0.2, 0.25) is 0 Å². The van der Waals surface area contributed by atoms with E-state index in [0.29, 0.717) is 11.4 Å². The van der Waals surface area contributed by atoms with Crippen LogP contribution in [0.15, 0.2) is 22.7 Å². The fraction of sp³-hybridized carbons (Fsp3) is 0.231. The number of hydrogen-bond donors (Lipinski definition) is 0. The Bertz CT molecular complexity index is 739. The normalized spacial score (nSPS) is 10.5. The van der Waals surface area contributed by atoms with Crippen molar-refractivity contribution in [3.8, 4) is 5.69 Å². The third-order valence-electron chi connectivity index (χ3n) is 3.02. The van der Waals surface area contributed by atoms with E-state index in [-0.39, 0.29) is 16.9 Å². The molecule has 1 heterocycles. The highest BCUT2D eigenvalue weighted by atomic mass is 79.9. The Morgan fingerprint density at radius 2 is 2.10 bits per heavy atom. The summed E-state index contributed by atoms with van der Waals surface area (Å²) in [5.41, 5.74) is 1.71. The van der Waals surface area contributed by atoms with Gasteiger partial charge in [0.1, 0.15) is 5.69 Å². The lowest BCUT2D eigenvalue weighted by Gasteiger charge is -2.07. The van der Waals surface area contributed by atoms with Gasteiger partial charge in [0, 0.05) is 6.07 Å². The monoisotopic (exact) mass is 353 g/mol. The second kappa shape index (κ2) is 5.65. The molecule has 0 atom stereocenters. The summed E-state index contributed by atoms with van der Waals surface area (Å²) in [6, 6.07) is 4.02. The summed E-state index contributed by atoms with van der Waals surface area (Å²) in [6.45, 7) is 3.56. The molecule has 2 aromatic rings. The van der Waals surface area contributed by atoms with E-state index in [9.17, 15) is 14.9 Å². The number of methoxy groups -OCH3 is 1. The lowest BCUT2D eigenvalue weighted by atomic mass is 10.1. The van der Waals surface area contributed by atoms with Gasteiger partial charge >= 0.3 is 5.97 Å². The van der Waals surface area contributed by atoms with Crippen LogP contribution < -0.4 is 0 Å². The molecule has 1 aromatic carbocycles. The molecule has 1 aromatic heterocycles. The number of nitro groups is 1. The van der Waals surface area contributed by atoms with Crippen LogP contribution in [0.2, 0.25) is 0 Å². The van der Waals surface area contributed by atoms with Crippen LogP contribution in [-0.2, 0) is 4.74 Å². The molecule has 0 unspecified atom stereocenters. The topological polar surface area (TPSA) is 87.3 Å². The molecule has 0 bridgehead atoms. The van der Waals surface area contributed by atoms with E-state index in [2.05, 4.69) is 25.8 Å². The molecule has 0 aliphatic rings. The Balaban J connectivity index is 2.71. The predicted molar refractivity (Wildman–Crippen MR) is 78.7 cm³/mol. The van der Waals surface area contributed by atoms with Crippen LogP contribution in [0.5, 0.6) is 0 Å².